The largest absolute Gasteiger partial charge is 0.394 e. The highest BCUT2D eigenvalue weighted by molar-refractivity contribution is 5.94. The summed E-state index contributed by atoms with van der Waals surface area (Å²) >= 11 is 0. The number of hydrogen-bond acceptors (Lipinski definition) is 9. The summed E-state index contributed by atoms with van der Waals surface area (Å²) in [6, 6.07) is 7.26. The van der Waals surface area contributed by atoms with Gasteiger partial charge in [-0.2, -0.15) is 0 Å². The number of imidazole rings is 1. The van der Waals surface area contributed by atoms with Gasteiger partial charge >= 0.3 is 0 Å². The minimum absolute atomic E-state index is 0.0115. The fourth-order valence-electron chi connectivity index (χ4n) is 3.32. The molecule has 0 spiro atoms. The first-order chi connectivity index (χ1) is 14.0. The van der Waals surface area contributed by atoms with E-state index in [0.29, 0.717) is 29.1 Å². The molecule has 2 aromatic heterocycles. The van der Waals surface area contributed by atoms with Crippen LogP contribution in [-0.2, 0) is 11.3 Å². The monoisotopic (exact) mass is 399 g/mol. The molecule has 0 aliphatic carbocycles. The quantitative estimate of drug-likeness (QED) is 0.429. The molecule has 1 saturated heterocycles. The molecular formula is C19H21N5O5. The highest BCUT2D eigenvalue weighted by Gasteiger charge is 2.44. The van der Waals surface area contributed by atoms with Gasteiger partial charge in [-0.05, 0) is 12.5 Å². The third kappa shape index (κ3) is 3.58. The lowest BCUT2D eigenvalue weighted by Crippen LogP contribution is -2.33. The molecule has 0 bridgehead atoms. The molecule has 1 fully saturated rings. The summed E-state index contributed by atoms with van der Waals surface area (Å²) in [5.41, 5.74) is 2.51. The van der Waals surface area contributed by atoms with Crippen LogP contribution in [0.15, 0.2) is 36.9 Å². The second-order valence-corrected chi connectivity index (χ2v) is 6.88. The van der Waals surface area contributed by atoms with Crippen molar-refractivity contribution in [3.05, 3.63) is 48.0 Å². The summed E-state index contributed by atoms with van der Waals surface area (Å²) in [7, 11) is 0. The number of benzene rings is 1. The third-order valence-corrected chi connectivity index (χ3v) is 4.97. The SMILES string of the molecule is CC(=O)c1ccc(CNc2ncnc3c2ncn3[C@@H]2O[C@H](CO)[C@@H](O)[C@H]2O)cc1. The van der Waals surface area contributed by atoms with Crippen LogP contribution in [0, 0.1) is 0 Å². The second-order valence-electron chi connectivity index (χ2n) is 6.88. The summed E-state index contributed by atoms with van der Waals surface area (Å²) < 4.78 is 7.06. The zero-order chi connectivity index (χ0) is 20.5. The Bertz CT molecular complexity index is 1020. The van der Waals surface area contributed by atoms with Crippen molar-refractivity contribution in [2.45, 2.75) is 38.0 Å². The first-order valence-electron chi connectivity index (χ1n) is 9.13. The fourth-order valence-corrected chi connectivity index (χ4v) is 3.32. The fraction of sp³-hybridized carbons (Fsp3) is 0.368. The lowest BCUT2D eigenvalue weighted by atomic mass is 10.1. The van der Waals surface area contributed by atoms with Crippen molar-refractivity contribution in [2.24, 2.45) is 0 Å². The number of Topliss-reactive ketones (excluding diaryl/α,β-unsaturated/α-hetero) is 1. The van der Waals surface area contributed by atoms with Gasteiger partial charge in [0.1, 0.15) is 24.6 Å². The number of rotatable bonds is 6. The normalized spacial score (nSPS) is 24.1. The molecule has 0 amide bonds. The van der Waals surface area contributed by atoms with Crippen LogP contribution in [0.2, 0.25) is 0 Å². The minimum Gasteiger partial charge on any atom is -0.394 e. The Morgan fingerprint density at radius 3 is 2.59 bits per heavy atom. The van der Waals surface area contributed by atoms with Crippen LogP contribution in [0.1, 0.15) is 29.1 Å². The maximum atomic E-state index is 11.4. The van der Waals surface area contributed by atoms with E-state index in [1.807, 2.05) is 12.1 Å². The Morgan fingerprint density at radius 1 is 1.17 bits per heavy atom. The highest BCUT2D eigenvalue weighted by Crippen LogP contribution is 2.32. The lowest BCUT2D eigenvalue weighted by molar-refractivity contribution is -0.0511. The number of ketones is 1. The standard InChI is InChI=1S/C19H21N5O5/c1-10(26)12-4-2-11(3-5-12)6-20-17-14-18(22-8-21-17)24(9-23-14)19-16(28)15(27)13(7-25)29-19/h2-5,8-9,13,15-16,19,25,27-28H,6-7H2,1H3,(H,20,21,22)/t13-,15-,16-,19-/m1/s1. The summed E-state index contributed by atoms with van der Waals surface area (Å²) in [5.74, 6) is 0.508. The van der Waals surface area contributed by atoms with Crippen LogP contribution >= 0.6 is 0 Å². The number of carbonyl (C=O) groups excluding carboxylic acids is 1. The van der Waals surface area contributed by atoms with Gasteiger partial charge in [-0.25, -0.2) is 15.0 Å². The average Bonchev–Trinajstić information content (AvgIpc) is 3.28. The first-order valence-corrected chi connectivity index (χ1v) is 9.13. The topological polar surface area (TPSA) is 143 Å². The zero-order valence-corrected chi connectivity index (χ0v) is 15.6. The molecule has 0 saturated carbocycles. The van der Waals surface area contributed by atoms with E-state index in [0.717, 1.165) is 5.56 Å². The van der Waals surface area contributed by atoms with E-state index < -0.39 is 31.1 Å². The van der Waals surface area contributed by atoms with E-state index in [1.54, 1.807) is 12.1 Å². The van der Waals surface area contributed by atoms with E-state index in [-0.39, 0.29) is 5.78 Å². The van der Waals surface area contributed by atoms with Crippen molar-refractivity contribution in [3.63, 3.8) is 0 Å². The Kier molecular flexibility index (Phi) is 5.24. The molecule has 0 radical (unpaired) electrons. The highest BCUT2D eigenvalue weighted by atomic mass is 16.6. The van der Waals surface area contributed by atoms with E-state index in [9.17, 15) is 20.1 Å². The number of aliphatic hydroxyl groups is 3. The van der Waals surface area contributed by atoms with Gasteiger partial charge in [0.15, 0.2) is 29.0 Å². The molecule has 1 aromatic carbocycles. The lowest BCUT2D eigenvalue weighted by Gasteiger charge is -2.16. The summed E-state index contributed by atoms with van der Waals surface area (Å²) in [4.78, 5) is 24.1. The predicted molar refractivity (Wildman–Crippen MR) is 102 cm³/mol. The van der Waals surface area contributed by atoms with Gasteiger partial charge in [-0.3, -0.25) is 9.36 Å². The Labute approximate surface area is 165 Å². The molecule has 1 aliphatic heterocycles. The first kappa shape index (κ1) is 19.4. The number of ether oxygens (including phenoxy) is 1. The van der Waals surface area contributed by atoms with Gasteiger partial charge < -0.3 is 25.4 Å². The molecule has 29 heavy (non-hydrogen) atoms. The number of aliphatic hydroxyl groups excluding tert-OH is 3. The molecular weight excluding hydrogens is 378 g/mol. The van der Waals surface area contributed by atoms with Gasteiger partial charge in [0.05, 0.1) is 12.9 Å². The smallest absolute Gasteiger partial charge is 0.167 e. The number of nitrogens with zero attached hydrogens (tertiary/aromatic N) is 4. The molecule has 0 unspecified atom stereocenters. The number of nitrogens with one attached hydrogen (secondary N) is 1. The second kappa shape index (κ2) is 7.84. The van der Waals surface area contributed by atoms with Crippen LogP contribution in [-0.4, -0.2) is 65.5 Å². The minimum atomic E-state index is -1.23. The van der Waals surface area contributed by atoms with E-state index >= 15 is 0 Å². The maximum Gasteiger partial charge on any atom is 0.167 e. The zero-order valence-electron chi connectivity index (χ0n) is 15.6. The summed E-state index contributed by atoms with van der Waals surface area (Å²) in [6.07, 6.45) is -1.43. The molecule has 152 valence electrons. The Morgan fingerprint density at radius 2 is 1.93 bits per heavy atom. The van der Waals surface area contributed by atoms with Crippen molar-refractivity contribution < 1.29 is 24.9 Å². The van der Waals surface area contributed by atoms with E-state index in [2.05, 4.69) is 20.3 Å². The van der Waals surface area contributed by atoms with Crippen LogP contribution < -0.4 is 5.32 Å². The summed E-state index contributed by atoms with van der Waals surface area (Å²) in [6.45, 7) is 1.57. The molecule has 3 heterocycles. The van der Waals surface area contributed by atoms with Crippen LogP contribution in [0.25, 0.3) is 11.2 Å². The number of hydrogen-bond donors (Lipinski definition) is 4. The molecule has 10 nitrogen and oxygen atoms in total. The van der Waals surface area contributed by atoms with Crippen molar-refractivity contribution >= 4 is 22.8 Å². The molecule has 10 heteroatoms. The van der Waals surface area contributed by atoms with Crippen molar-refractivity contribution in [1.82, 2.24) is 19.5 Å². The van der Waals surface area contributed by atoms with Gasteiger partial charge in [0.25, 0.3) is 0 Å². The van der Waals surface area contributed by atoms with Gasteiger partial charge in [-0.1, -0.05) is 24.3 Å². The van der Waals surface area contributed by atoms with Gasteiger partial charge in [-0.15, -0.1) is 0 Å². The Balaban J connectivity index is 1.55. The molecule has 4 rings (SSSR count). The van der Waals surface area contributed by atoms with Gasteiger partial charge in [0.2, 0.25) is 0 Å². The van der Waals surface area contributed by atoms with Crippen LogP contribution in [0.3, 0.4) is 0 Å². The van der Waals surface area contributed by atoms with Crippen molar-refractivity contribution in [3.8, 4) is 0 Å². The van der Waals surface area contributed by atoms with Crippen LogP contribution in [0.5, 0.6) is 0 Å². The molecule has 3 aromatic rings. The Hall–Kier alpha value is -2.92. The number of aromatic nitrogens is 4. The van der Waals surface area contributed by atoms with Gasteiger partial charge in [0, 0.05) is 12.1 Å². The summed E-state index contributed by atoms with van der Waals surface area (Å²) in [5, 5.41) is 32.7. The van der Waals surface area contributed by atoms with Crippen molar-refractivity contribution in [1.29, 1.82) is 0 Å². The number of fused-ring (bicyclic) bond motifs is 1. The van der Waals surface area contributed by atoms with Crippen molar-refractivity contribution in [2.75, 3.05) is 11.9 Å². The average molecular weight is 399 g/mol. The molecule has 4 atom stereocenters. The number of anilines is 1. The predicted octanol–water partition coefficient (Wildman–Crippen LogP) is 0.252. The van der Waals surface area contributed by atoms with Crippen LogP contribution in [0.4, 0.5) is 5.82 Å². The third-order valence-electron chi connectivity index (χ3n) is 4.97. The van der Waals surface area contributed by atoms with E-state index in [4.69, 9.17) is 4.74 Å². The van der Waals surface area contributed by atoms with E-state index in [1.165, 1.54) is 24.1 Å². The maximum absolute atomic E-state index is 11.4. The number of carbonyl (C=O) groups is 1. The molecule has 1 aliphatic rings. The molecule has 4 N–H and O–H groups in total.